The standard InChI is InChI=1S/C23H23FN6O2/c1-32-16-8-9-18-17(10-16)22(27-21-11-19(29-30-21)13-2-3-13)28-23(25-18)26-20(12-31)14-4-6-15(24)7-5-14/h4-11,13,20,31H,2-3,12H2,1H3,(H3,25,26,27,28,29,30)/t20-/m0/s1. The second-order valence-corrected chi connectivity index (χ2v) is 7.82. The van der Waals surface area contributed by atoms with Crippen LogP contribution in [0.25, 0.3) is 10.9 Å². The zero-order chi connectivity index (χ0) is 22.1. The average molecular weight is 434 g/mol. The van der Waals surface area contributed by atoms with Gasteiger partial charge in [0.05, 0.1) is 25.3 Å². The summed E-state index contributed by atoms with van der Waals surface area (Å²) in [5, 5.41) is 24.5. The molecule has 1 aliphatic carbocycles. The van der Waals surface area contributed by atoms with Gasteiger partial charge in [0.25, 0.3) is 0 Å². The van der Waals surface area contributed by atoms with Gasteiger partial charge in [-0.1, -0.05) is 12.1 Å². The van der Waals surface area contributed by atoms with E-state index in [4.69, 9.17) is 4.74 Å². The monoisotopic (exact) mass is 434 g/mol. The van der Waals surface area contributed by atoms with Crippen molar-refractivity contribution in [2.24, 2.45) is 0 Å². The van der Waals surface area contributed by atoms with Crippen LogP contribution in [-0.2, 0) is 0 Å². The van der Waals surface area contributed by atoms with Crippen molar-refractivity contribution in [2.45, 2.75) is 24.8 Å². The Kier molecular flexibility index (Phi) is 5.32. The largest absolute Gasteiger partial charge is 0.497 e. The van der Waals surface area contributed by atoms with Crippen molar-refractivity contribution in [3.8, 4) is 5.75 Å². The molecule has 5 rings (SSSR count). The van der Waals surface area contributed by atoms with Crippen molar-refractivity contribution < 1.29 is 14.2 Å². The van der Waals surface area contributed by atoms with E-state index in [9.17, 15) is 9.50 Å². The van der Waals surface area contributed by atoms with E-state index < -0.39 is 6.04 Å². The molecule has 2 aromatic heterocycles. The molecule has 8 nitrogen and oxygen atoms in total. The van der Waals surface area contributed by atoms with Crippen LogP contribution in [0.2, 0.25) is 0 Å². The minimum absolute atomic E-state index is 0.206. The van der Waals surface area contributed by atoms with Gasteiger partial charge in [-0.15, -0.1) is 0 Å². The number of aromatic amines is 1. The molecule has 2 aromatic carbocycles. The predicted octanol–water partition coefficient (Wildman–Crippen LogP) is 4.27. The van der Waals surface area contributed by atoms with Gasteiger partial charge in [0, 0.05) is 23.1 Å². The lowest BCUT2D eigenvalue weighted by Crippen LogP contribution is -2.17. The zero-order valence-corrected chi connectivity index (χ0v) is 17.5. The van der Waals surface area contributed by atoms with Gasteiger partial charge >= 0.3 is 0 Å². The van der Waals surface area contributed by atoms with Crippen molar-refractivity contribution in [2.75, 3.05) is 24.4 Å². The maximum Gasteiger partial charge on any atom is 0.225 e. The van der Waals surface area contributed by atoms with E-state index in [0.717, 1.165) is 16.6 Å². The Bertz CT molecular complexity index is 1240. The van der Waals surface area contributed by atoms with Crippen LogP contribution in [0, 0.1) is 5.82 Å². The number of aliphatic hydroxyl groups excluding tert-OH is 1. The number of benzene rings is 2. The van der Waals surface area contributed by atoms with Crippen LogP contribution in [0.1, 0.15) is 36.1 Å². The van der Waals surface area contributed by atoms with Gasteiger partial charge in [-0.3, -0.25) is 5.10 Å². The molecular formula is C23H23FN6O2. The first kappa shape index (κ1) is 20.2. The maximum atomic E-state index is 13.3. The molecule has 2 heterocycles. The van der Waals surface area contributed by atoms with Crippen LogP contribution in [0.3, 0.4) is 0 Å². The van der Waals surface area contributed by atoms with Crippen molar-refractivity contribution >= 4 is 28.5 Å². The first-order valence-corrected chi connectivity index (χ1v) is 10.4. The number of nitrogens with zero attached hydrogens (tertiary/aromatic N) is 3. The van der Waals surface area contributed by atoms with Gasteiger partial charge < -0.3 is 20.5 Å². The summed E-state index contributed by atoms with van der Waals surface area (Å²) in [5.74, 6) is 2.45. The van der Waals surface area contributed by atoms with Gasteiger partial charge in [0.15, 0.2) is 5.82 Å². The summed E-state index contributed by atoms with van der Waals surface area (Å²) in [6.07, 6.45) is 2.35. The van der Waals surface area contributed by atoms with E-state index in [0.29, 0.717) is 34.8 Å². The third-order valence-corrected chi connectivity index (χ3v) is 5.52. The Morgan fingerprint density at radius 3 is 2.69 bits per heavy atom. The fraction of sp³-hybridized carbons (Fsp3) is 0.261. The lowest BCUT2D eigenvalue weighted by Gasteiger charge is -2.18. The SMILES string of the molecule is COc1ccc2nc(N[C@@H](CO)c3ccc(F)cc3)nc(Nc3cc(C4CC4)[nH]n3)c2c1. The number of aromatic nitrogens is 4. The van der Waals surface area contributed by atoms with Crippen LogP contribution in [0.5, 0.6) is 5.75 Å². The number of anilines is 3. The van der Waals surface area contributed by atoms with E-state index in [-0.39, 0.29) is 12.4 Å². The first-order chi connectivity index (χ1) is 15.6. The Balaban J connectivity index is 1.50. The molecule has 1 aliphatic rings. The minimum Gasteiger partial charge on any atom is -0.497 e. The molecule has 4 N–H and O–H groups in total. The number of fused-ring (bicyclic) bond motifs is 1. The van der Waals surface area contributed by atoms with Crippen LogP contribution in [0.15, 0.2) is 48.5 Å². The van der Waals surface area contributed by atoms with Crippen LogP contribution >= 0.6 is 0 Å². The van der Waals surface area contributed by atoms with E-state index in [1.165, 1.54) is 25.0 Å². The van der Waals surface area contributed by atoms with Crippen molar-refractivity contribution in [1.82, 2.24) is 20.2 Å². The molecule has 32 heavy (non-hydrogen) atoms. The molecule has 0 bridgehead atoms. The van der Waals surface area contributed by atoms with Gasteiger partial charge in [-0.2, -0.15) is 10.1 Å². The topological polar surface area (TPSA) is 108 Å². The summed E-state index contributed by atoms with van der Waals surface area (Å²) in [4.78, 5) is 9.24. The summed E-state index contributed by atoms with van der Waals surface area (Å²) in [5.41, 5.74) is 2.53. The molecule has 0 unspecified atom stereocenters. The van der Waals surface area contributed by atoms with Gasteiger partial charge in [-0.05, 0) is 48.7 Å². The average Bonchev–Trinajstić information content (AvgIpc) is 3.56. The first-order valence-electron chi connectivity index (χ1n) is 10.4. The molecule has 164 valence electrons. The van der Waals surface area contributed by atoms with Crippen molar-refractivity contribution in [3.63, 3.8) is 0 Å². The number of methoxy groups -OCH3 is 1. The van der Waals surface area contributed by atoms with Crippen LogP contribution in [0.4, 0.5) is 22.0 Å². The normalized spacial score (nSPS) is 14.3. The second-order valence-electron chi connectivity index (χ2n) is 7.82. The highest BCUT2D eigenvalue weighted by Crippen LogP contribution is 2.40. The third-order valence-electron chi connectivity index (χ3n) is 5.52. The van der Waals surface area contributed by atoms with E-state index in [2.05, 4.69) is 30.8 Å². The van der Waals surface area contributed by atoms with E-state index in [1.54, 1.807) is 19.2 Å². The highest BCUT2D eigenvalue weighted by Gasteiger charge is 2.25. The number of hydrogen-bond donors (Lipinski definition) is 4. The summed E-state index contributed by atoms with van der Waals surface area (Å²) >= 11 is 0. The molecule has 1 fully saturated rings. The highest BCUT2D eigenvalue weighted by molar-refractivity contribution is 5.92. The third kappa shape index (κ3) is 4.19. The van der Waals surface area contributed by atoms with Gasteiger partial charge in [0.1, 0.15) is 17.4 Å². The molecule has 9 heteroatoms. The molecular weight excluding hydrogens is 411 g/mol. The van der Waals surface area contributed by atoms with Crippen molar-refractivity contribution in [1.29, 1.82) is 0 Å². The second kappa shape index (κ2) is 8.43. The quantitative estimate of drug-likeness (QED) is 0.328. The lowest BCUT2D eigenvalue weighted by atomic mass is 10.1. The highest BCUT2D eigenvalue weighted by atomic mass is 19.1. The van der Waals surface area contributed by atoms with E-state index in [1.807, 2.05) is 24.3 Å². The predicted molar refractivity (Wildman–Crippen MR) is 120 cm³/mol. The lowest BCUT2D eigenvalue weighted by molar-refractivity contribution is 0.276. The zero-order valence-electron chi connectivity index (χ0n) is 17.5. The molecule has 1 saturated carbocycles. The Morgan fingerprint density at radius 2 is 1.97 bits per heavy atom. The van der Waals surface area contributed by atoms with Crippen LogP contribution in [-0.4, -0.2) is 39.0 Å². The summed E-state index contributed by atoms with van der Waals surface area (Å²) in [7, 11) is 1.61. The van der Waals surface area contributed by atoms with Gasteiger partial charge in [0.2, 0.25) is 5.95 Å². The minimum atomic E-state index is -0.494. The summed E-state index contributed by atoms with van der Waals surface area (Å²) < 4.78 is 18.7. The number of halogens is 1. The molecule has 4 aromatic rings. The number of hydrogen-bond acceptors (Lipinski definition) is 7. The van der Waals surface area contributed by atoms with Crippen LogP contribution < -0.4 is 15.4 Å². The fourth-order valence-corrected chi connectivity index (χ4v) is 3.61. The number of H-pyrrole nitrogens is 1. The number of aliphatic hydroxyl groups is 1. The maximum absolute atomic E-state index is 13.3. The molecule has 0 spiro atoms. The fourth-order valence-electron chi connectivity index (χ4n) is 3.61. The molecule has 0 radical (unpaired) electrons. The number of ether oxygens (including phenoxy) is 1. The van der Waals surface area contributed by atoms with Crippen molar-refractivity contribution in [3.05, 3.63) is 65.6 Å². The van der Waals surface area contributed by atoms with E-state index >= 15 is 0 Å². The number of nitrogens with one attached hydrogen (secondary N) is 3. The number of rotatable bonds is 8. The smallest absolute Gasteiger partial charge is 0.225 e. The Hall–Kier alpha value is -3.72. The summed E-state index contributed by atoms with van der Waals surface area (Å²) in [6, 6.07) is 13.0. The summed E-state index contributed by atoms with van der Waals surface area (Å²) in [6.45, 7) is -0.206. The Labute approximate surface area is 183 Å². The Morgan fingerprint density at radius 1 is 1.16 bits per heavy atom. The van der Waals surface area contributed by atoms with Gasteiger partial charge in [-0.25, -0.2) is 9.37 Å². The molecule has 0 saturated heterocycles. The molecule has 0 amide bonds. The molecule has 1 atom stereocenters. The molecule has 0 aliphatic heterocycles.